The molecule has 0 amide bonds. The molecule has 7 heteroatoms. The van der Waals surface area contributed by atoms with E-state index in [0.29, 0.717) is 17.5 Å². The molecule has 1 heterocycles. The molecule has 110 valence electrons. The van der Waals surface area contributed by atoms with Gasteiger partial charge in [-0.1, -0.05) is 25.1 Å². The molecule has 0 aliphatic heterocycles. The van der Waals surface area contributed by atoms with Gasteiger partial charge in [-0.2, -0.15) is 0 Å². The second kappa shape index (κ2) is 6.30. The zero-order valence-electron chi connectivity index (χ0n) is 11.3. The van der Waals surface area contributed by atoms with E-state index in [1.807, 2.05) is 0 Å². The van der Waals surface area contributed by atoms with E-state index in [1.165, 1.54) is 17.8 Å². The monoisotopic (exact) mass is 297 g/mol. The summed E-state index contributed by atoms with van der Waals surface area (Å²) in [6.07, 6.45) is 3.50. The number of carboxylic acids is 1. The van der Waals surface area contributed by atoms with Gasteiger partial charge >= 0.3 is 5.97 Å². The molecule has 4 N–H and O–H groups in total. The molecular weight excluding hydrogens is 278 g/mol. The van der Waals surface area contributed by atoms with Gasteiger partial charge in [0.25, 0.3) is 5.56 Å². The van der Waals surface area contributed by atoms with Crippen molar-refractivity contribution in [2.75, 3.05) is 5.73 Å². The second-order valence-electron chi connectivity index (χ2n) is 5.16. The lowest BCUT2D eigenvalue weighted by molar-refractivity contribution is -0.142. The molecular formula is C13H19N3O3S. The van der Waals surface area contributed by atoms with Gasteiger partial charge in [-0.25, -0.2) is 4.98 Å². The van der Waals surface area contributed by atoms with Crippen molar-refractivity contribution in [3.05, 3.63) is 16.4 Å². The third-order valence-electron chi connectivity index (χ3n) is 3.80. The van der Waals surface area contributed by atoms with Crippen LogP contribution in [-0.2, 0) is 4.79 Å². The minimum Gasteiger partial charge on any atom is -0.481 e. The zero-order valence-corrected chi connectivity index (χ0v) is 12.2. The Kier molecular flexibility index (Phi) is 4.69. The molecule has 0 spiro atoms. The predicted octanol–water partition coefficient (Wildman–Crippen LogP) is 1.72. The van der Waals surface area contributed by atoms with E-state index in [-0.39, 0.29) is 16.6 Å². The van der Waals surface area contributed by atoms with E-state index in [4.69, 9.17) is 5.73 Å². The topological polar surface area (TPSA) is 109 Å². The van der Waals surface area contributed by atoms with Gasteiger partial charge in [0.1, 0.15) is 5.82 Å². The Morgan fingerprint density at radius 3 is 2.95 bits per heavy atom. The molecule has 1 fully saturated rings. The average molecular weight is 297 g/mol. The first-order valence-corrected chi connectivity index (χ1v) is 7.63. The number of aliphatic carboxylic acids is 1. The summed E-state index contributed by atoms with van der Waals surface area (Å²) in [6, 6.07) is 1.22. The highest BCUT2D eigenvalue weighted by Gasteiger charge is 2.35. The largest absolute Gasteiger partial charge is 0.481 e. The first kappa shape index (κ1) is 14.9. The van der Waals surface area contributed by atoms with Crippen LogP contribution >= 0.6 is 11.8 Å². The van der Waals surface area contributed by atoms with Gasteiger partial charge in [-0.05, 0) is 25.2 Å². The second-order valence-corrected chi connectivity index (χ2v) is 6.39. The van der Waals surface area contributed by atoms with E-state index >= 15 is 0 Å². The number of nitrogens with one attached hydrogen (secondary N) is 1. The number of hydrogen-bond acceptors (Lipinski definition) is 5. The number of aromatic amines is 1. The number of carbonyl (C=O) groups is 1. The normalized spacial score (nSPS) is 26.4. The third-order valence-corrected chi connectivity index (χ3v) is 5.04. The summed E-state index contributed by atoms with van der Waals surface area (Å²) in [6.45, 7) is 2.12. The number of anilines is 1. The smallest absolute Gasteiger partial charge is 0.307 e. The Hall–Kier alpha value is -1.50. The number of carboxylic acid groups (broad SMARTS) is 1. The highest BCUT2D eigenvalue weighted by Crippen LogP contribution is 2.40. The van der Waals surface area contributed by atoms with Crippen molar-refractivity contribution in [2.45, 2.75) is 43.0 Å². The fraction of sp³-hybridized carbons (Fsp3) is 0.615. The molecule has 1 aliphatic rings. The van der Waals surface area contributed by atoms with Gasteiger partial charge in [0.15, 0.2) is 5.16 Å². The summed E-state index contributed by atoms with van der Waals surface area (Å²) < 4.78 is 0. The van der Waals surface area contributed by atoms with Crippen LogP contribution in [0.3, 0.4) is 0 Å². The van der Waals surface area contributed by atoms with Crippen LogP contribution in [0.4, 0.5) is 5.82 Å². The molecule has 1 aromatic heterocycles. The minimum absolute atomic E-state index is 0.0730. The fourth-order valence-electron chi connectivity index (χ4n) is 2.65. The Balaban J connectivity index is 2.18. The maximum Gasteiger partial charge on any atom is 0.307 e. The van der Waals surface area contributed by atoms with Gasteiger partial charge in [0.2, 0.25) is 0 Å². The summed E-state index contributed by atoms with van der Waals surface area (Å²) in [5.41, 5.74) is 5.24. The Bertz CT molecular complexity index is 546. The molecule has 0 bridgehead atoms. The minimum atomic E-state index is -0.775. The van der Waals surface area contributed by atoms with Crippen LogP contribution < -0.4 is 11.3 Å². The summed E-state index contributed by atoms with van der Waals surface area (Å²) in [7, 11) is 0. The molecule has 20 heavy (non-hydrogen) atoms. The van der Waals surface area contributed by atoms with Gasteiger partial charge in [0, 0.05) is 11.3 Å². The number of thioether (sulfide) groups is 1. The Morgan fingerprint density at radius 1 is 1.60 bits per heavy atom. The summed E-state index contributed by atoms with van der Waals surface area (Å²) >= 11 is 1.32. The Morgan fingerprint density at radius 2 is 2.35 bits per heavy atom. The van der Waals surface area contributed by atoms with Crippen molar-refractivity contribution in [1.82, 2.24) is 9.97 Å². The third kappa shape index (κ3) is 3.53. The number of H-pyrrole nitrogens is 1. The Labute approximate surface area is 121 Å². The highest BCUT2D eigenvalue weighted by atomic mass is 32.2. The SMILES string of the molecule is CCC1CCC(C(=O)O)C(Sc2nc(N)cc(=O)[nH]2)C1. The van der Waals surface area contributed by atoms with Crippen molar-refractivity contribution >= 4 is 23.5 Å². The van der Waals surface area contributed by atoms with Crippen LogP contribution in [0.2, 0.25) is 0 Å². The molecule has 3 unspecified atom stereocenters. The lowest BCUT2D eigenvalue weighted by Crippen LogP contribution is -2.33. The highest BCUT2D eigenvalue weighted by molar-refractivity contribution is 7.99. The van der Waals surface area contributed by atoms with Crippen molar-refractivity contribution in [1.29, 1.82) is 0 Å². The molecule has 3 atom stereocenters. The zero-order chi connectivity index (χ0) is 14.7. The number of hydrogen-bond donors (Lipinski definition) is 3. The van der Waals surface area contributed by atoms with Gasteiger partial charge in [0.05, 0.1) is 5.92 Å². The van der Waals surface area contributed by atoms with E-state index in [9.17, 15) is 14.7 Å². The van der Waals surface area contributed by atoms with Crippen molar-refractivity contribution in [3.63, 3.8) is 0 Å². The van der Waals surface area contributed by atoms with Crippen LogP contribution in [0.25, 0.3) is 0 Å². The van der Waals surface area contributed by atoms with Gasteiger partial charge in [-0.3, -0.25) is 9.59 Å². The molecule has 0 saturated heterocycles. The van der Waals surface area contributed by atoms with Crippen molar-refractivity contribution in [2.24, 2.45) is 11.8 Å². The fourth-order valence-corrected chi connectivity index (χ4v) is 4.04. The summed E-state index contributed by atoms with van der Waals surface area (Å²) in [5.74, 6) is -0.473. The van der Waals surface area contributed by atoms with Crippen LogP contribution in [0.15, 0.2) is 16.0 Å². The molecule has 0 radical (unpaired) electrons. The maximum absolute atomic E-state index is 11.4. The summed E-state index contributed by atoms with van der Waals surface area (Å²) in [4.78, 5) is 29.4. The first-order valence-electron chi connectivity index (χ1n) is 6.76. The standard InChI is InChI=1S/C13H19N3O3S/c1-2-7-3-4-8(12(18)19)9(5-7)20-13-15-10(14)6-11(17)16-13/h6-9H,2-5H2,1H3,(H,18,19)(H3,14,15,16,17). The van der Waals surface area contributed by atoms with E-state index in [0.717, 1.165) is 19.3 Å². The molecule has 1 saturated carbocycles. The van der Waals surface area contributed by atoms with Gasteiger partial charge in [-0.15, -0.1) is 0 Å². The summed E-state index contributed by atoms with van der Waals surface area (Å²) in [5, 5.41) is 9.66. The van der Waals surface area contributed by atoms with E-state index < -0.39 is 11.9 Å². The lowest BCUT2D eigenvalue weighted by atomic mass is 9.80. The lowest BCUT2D eigenvalue weighted by Gasteiger charge is -2.32. The number of nitrogen functional groups attached to an aromatic ring is 1. The molecule has 2 rings (SSSR count). The van der Waals surface area contributed by atoms with E-state index in [1.54, 1.807) is 0 Å². The number of rotatable bonds is 4. The number of nitrogens with zero attached hydrogens (tertiary/aromatic N) is 1. The molecule has 0 aromatic carbocycles. The number of nitrogens with two attached hydrogens (primary N) is 1. The quantitative estimate of drug-likeness (QED) is 0.730. The van der Waals surface area contributed by atoms with Crippen LogP contribution in [0, 0.1) is 11.8 Å². The maximum atomic E-state index is 11.4. The van der Waals surface area contributed by atoms with Crippen LogP contribution in [0.5, 0.6) is 0 Å². The predicted molar refractivity (Wildman–Crippen MR) is 77.7 cm³/mol. The van der Waals surface area contributed by atoms with Crippen LogP contribution in [0.1, 0.15) is 32.6 Å². The molecule has 6 nitrogen and oxygen atoms in total. The van der Waals surface area contributed by atoms with Crippen molar-refractivity contribution in [3.8, 4) is 0 Å². The molecule has 1 aromatic rings. The molecule has 1 aliphatic carbocycles. The van der Waals surface area contributed by atoms with Crippen LogP contribution in [-0.4, -0.2) is 26.3 Å². The number of aromatic nitrogens is 2. The van der Waals surface area contributed by atoms with Gasteiger partial charge < -0.3 is 15.8 Å². The van der Waals surface area contributed by atoms with Crippen molar-refractivity contribution < 1.29 is 9.90 Å². The average Bonchev–Trinajstić information content (AvgIpc) is 2.37. The first-order chi connectivity index (χ1) is 9.49. The van der Waals surface area contributed by atoms with E-state index in [2.05, 4.69) is 16.9 Å².